The molecule has 0 aliphatic rings. The maximum absolute atomic E-state index is 10.9. The molecule has 1 aromatic rings. The fourth-order valence-corrected chi connectivity index (χ4v) is 1.09. The van der Waals surface area contributed by atoms with E-state index in [1.54, 1.807) is 6.07 Å². The summed E-state index contributed by atoms with van der Waals surface area (Å²) >= 11 is 0. The van der Waals surface area contributed by atoms with Gasteiger partial charge in [-0.2, -0.15) is 0 Å². The molecule has 0 saturated heterocycles. The van der Waals surface area contributed by atoms with Crippen molar-refractivity contribution < 1.29 is 0 Å². The van der Waals surface area contributed by atoms with Crippen LogP contribution in [0.4, 0.5) is 0 Å². The second kappa shape index (κ2) is 3.27. The van der Waals surface area contributed by atoms with E-state index in [1.165, 1.54) is 6.07 Å². The van der Waals surface area contributed by atoms with Crippen molar-refractivity contribution in [2.45, 2.75) is 19.8 Å². The first kappa shape index (κ1) is 8.61. The summed E-state index contributed by atoms with van der Waals surface area (Å²) in [5, 5.41) is 0. The van der Waals surface area contributed by atoms with Crippen LogP contribution in [-0.4, -0.2) is 4.98 Å². The van der Waals surface area contributed by atoms with Crippen molar-refractivity contribution >= 4 is 0 Å². The smallest absolute Gasteiger partial charge is 0.248 e. The maximum Gasteiger partial charge on any atom is 0.248 e. The fourth-order valence-electron chi connectivity index (χ4n) is 1.09. The van der Waals surface area contributed by atoms with Crippen LogP contribution < -0.4 is 5.56 Å². The number of hydrogen-bond acceptors (Lipinski definition) is 1. The number of terminal acetylenes is 1. The first-order valence-corrected chi connectivity index (χ1v) is 3.85. The zero-order valence-electron chi connectivity index (χ0n) is 7.22. The minimum absolute atomic E-state index is 0.146. The van der Waals surface area contributed by atoms with Crippen molar-refractivity contribution in [3.05, 3.63) is 33.7 Å². The quantitative estimate of drug-likeness (QED) is 0.622. The van der Waals surface area contributed by atoms with Crippen LogP contribution in [-0.2, 0) is 0 Å². The lowest BCUT2D eigenvalue weighted by atomic mass is 10.0. The third-order valence-corrected chi connectivity index (χ3v) is 1.72. The van der Waals surface area contributed by atoms with Gasteiger partial charge in [0.15, 0.2) is 0 Å². The van der Waals surface area contributed by atoms with Gasteiger partial charge in [0, 0.05) is 6.07 Å². The number of hydrogen-bond donors (Lipinski definition) is 1. The molecule has 1 rings (SSSR count). The molecule has 0 atom stereocenters. The van der Waals surface area contributed by atoms with Gasteiger partial charge in [-0.25, -0.2) is 0 Å². The van der Waals surface area contributed by atoms with Crippen molar-refractivity contribution in [3.8, 4) is 12.3 Å². The van der Waals surface area contributed by atoms with Crippen LogP contribution in [0, 0.1) is 12.3 Å². The van der Waals surface area contributed by atoms with Gasteiger partial charge in [0.05, 0.1) is 5.69 Å². The average Bonchev–Trinajstić information content (AvgIpc) is 2.03. The molecule has 1 N–H and O–H groups in total. The highest BCUT2D eigenvalue weighted by Gasteiger charge is 2.04. The van der Waals surface area contributed by atoms with Crippen LogP contribution in [0.5, 0.6) is 0 Å². The molecule has 0 saturated carbocycles. The van der Waals surface area contributed by atoms with Crippen molar-refractivity contribution in [1.29, 1.82) is 0 Å². The van der Waals surface area contributed by atoms with Crippen LogP contribution >= 0.6 is 0 Å². The molecule has 1 aromatic heterocycles. The minimum atomic E-state index is -0.146. The zero-order chi connectivity index (χ0) is 9.14. The van der Waals surface area contributed by atoms with Crippen LogP contribution in [0.3, 0.4) is 0 Å². The van der Waals surface area contributed by atoms with Crippen molar-refractivity contribution in [1.82, 2.24) is 4.98 Å². The van der Waals surface area contributed by atoms with Crippen LogP contribution in [0.2, 0.25) is 0 Å². The van der Waals surface area contributed by atoms with Gasteiger partial charge in [-0.3, -0.25) is 4.79 Å². The molecule has 0 bridgehead atoms. The molecular weight excluding hydrogens is 150 g/mol. The molecule has 0 radical (unpaired) electrons. The summed E-state index contributed by atoms with van der Waals surface area (Å²) in [5.41, 5.74) is 1.46. The standard InChI is InChI=1S/C10H11NO/c1-4-9-8(7(2)3)5-6-10(12)11-9/h1,5-7H,2-3H3,(H,11,12). The Balaban J connectivity index is 3.32. The van der Waals surface area contributed by atoms with Gasteiger partial charge in [0.1, 0.15) is 0 Å². The SMILES string of the molecule is C#Cc1[nH]c(=O)ccc1C(C)C. The first-order chi connectivity index (χ1) is 5.65. The third kappa shape index (κ3) is 1.57. The Bertz CT molecular complexity index is 368. The summed E-state index contributed by atoms with van der Waals surface area (Å²) in [6, 6.07) is 3.27. The number of aromatic nitrogens is 1. The predicted molar refractivity (Wildman–Crippen MR) is 49.1 cm³/mol. The molecule has 0 spiro atoms. The number of H-pyrrole nitrogens is 1. The molecule has 0 aliphatic heterocycles. The predicted octanol–water partition coefficient (Wildman–Crippen LogP) is 1.48. The summed E-state index contributed by atoms with van der Waals surface area (Å²) in [6.07, 6.45) is 5.24. The van der Waals surface area contributed by atoms with E-state index in [1.807, 2.05) is 13.8 Å². The normalized spacial score (nSPS) is 9.83. The number of aromatic amines is 1. The Hall–Kier alpha value is -1.49. The van der Waals surface area contributed by atoms with E-state index in [2.05, 4.69) is 10.9 Å². The molecule has 0 unspecified atom stereocenters. The molecule has 0 fully saturated rings. The first-order valence-electron chi connectivity index (χ1n) is 3.85. The number of pyridine rings is 1. The molecule has 1 heterocycles. The van der Waals surface area contributed by atoms with E-state index in [-0.39, 0.29) is 5.56 Å². The van der Waals surface area contributed by atoms with Crippen molar-refractivity contribution in [2.24, 2.45) is 0 Å². The second-order valence-electron chi connectivity index (χ2n) is 2.95. The molecule has 2 nitrogen and oxygen atoms in total. The summed E-state index contributed by atoms with van der Waals surface area (Å²) in [7, 11) is 0. The van der Waals surface area contributed by atoms with Gasteiger partial charge in [-0.1, -0.05) is 25.8 Å². The van der Waals surface area contributed by atoms with E-state index >= 15 is 0 Å². The Kier molecular flexibility index (Phi) is 2.35. The Morgan fingerprint density at radius 2 is 2.17 bits per heavy atom. The Labute approximate surface area is 71.6 Å². The van der Waals surface area contributed by atoms with Crippen LogP contribution in [0.15, 0.2) is 16.9 Å². The van der Waals surface area contributed by atoms with Gasteiger partial charge in [-0.15, -0.1) is 6.42 Å². The lowest BCUT2D eigenvalue weighted by Gasteiger charge is -2.06. The molecule has 0 aromatic carbocycles. The highest BCUT2D eigenvalue weighted by Crippen LogP contribution is 2.14. The summed E-state index contributed by atoms with van der Waals surface area (Å²) < 4.78 is 0. The third-order valence-electron chi connectivity index (χ3n) is 1.72. The van der Waals surface area contributed by atoms with Gasteiger partial charge in [-0.05, 0) is 11.5 Å². The minimum Gasteiger partial charge on any atom is -0.315 e. The second-order valence-corrected chi connectivity index (χ2v) is 2.95. The van der Waals surface area contributed by atoms with Crippen LogP contribution in [0.1, 0.15) is 31.0 Å². The molecule has 62 valence electrons. The lowest BCUT2D eigenvalue weighted by molar-refractivity contribution is 0.850. The summed E-state index contributed by atoms with van der Waals surface area (Å²) in [4.78, 5) is 13.5. The van der Waals surface area contributed by atoms with E-state index in [0.717, 1.165) is 5.56 Å². The Morgan fingerprint density at radius 1 is 1.50 bits per heavy atom. The topological polar surface area (TPSA) is 32.9 Å². The molecule has 0 amide bonds. The fraction of sp³-hybridized carbons (Fsp3) is 0.300. The van der Waals surface area contributed by atoms with E-state index in [4.69, 9.17) is 6.42 Å². The monoisotopic (exact) mass is 161 g/mol. The molecular formula is C10H11NO. The van der Waals surface area contributed by atoms with Gasteiger partial charge in [0.2, 0.25) is 5.56 Å². The van der Waals surface area contributed by atoms with E-state index in [9.17, 15) is 4.79 Å². The van der Waals surface area contributed by atoms with Gasteiger partial charge < -0.3 is 4.98 Å². The highest BCUT2D eigenvalue weighted by molar-refractivity contribution is 5.35. The highest BCUT2D eigenvalue weighted by atomic mass is 16.1. The lowest BCUT2D eigenvalue weighted by Crippen LogP contribution is -2.08. The van der Waals surface area contributed by atoms with E-state index < -0.39 is 0 Å². The maximum atomic E-state index is 10.9. The molecule has 12 heavy (non-hydrogen) atoms. The van der Waals surface area contributed by atoms with Crippen LogP contribution in [0.25, 0.3) is 0 Å². The Morgan fingerprint density at radius 3 is 2.67 bits per heavy atom. The average molecular weight is 161 g/mol. The zero-order valence-corrected chi connectivity index (χ0v) is 7.22. The number of nitrogens with one attached hydrogen (secondary N) is 1. The summed E-state index contributed by atoms with van der Waals surface area (Å²) in [5.74, 6) is 2.80. The van der Waals surface area contributed by atoms with E-state index in [0.29, 0.717) is 11.6 Å². The van der Waals surface area contributed by atoms with Gasteiger partial charge >= 0.3 is 0 Å². The van der Waals surface area contributed by atoms with Gasteiger partial charge in [0.25, 0.3) is 0 Å². The molecule has 2 heteroatoms. The number of rotatable bonds is 1. The largest absolute Gasteiger partial charge is 0.315 e. The molecule has 0 aliphatic carbocycles. The van der Waals surface area contributed by atoms with Crippen molar-refractivity contribution in [2.75, 3.05) is 0 Å². The van der Waals surface area contributed by atoms with Crippen molar-refractivity contribution in [3.63, 3.8) is 0 Å². The summed E-state index contributed by atoms with van der Waals surface area (Å²) in [6.45, 7) is 4.07.